The van der Waals surface area contributed by atoms with Crippen LogP contribution in [-0.2, 0) is 35.3 Å². The molecule has 3 fully saturated rings. The van der Waals surface area contributed by atoms with E-state index < -0.39 is 64.8 Å². The van der Waals surface area contributed by atoms with Gasteiger partial charge in [0.2, 0.25) is 11.8 Å². The van der Waals surface area contributed by atoms with Crippen molar-refractivity contribution in [1.82, 2.24) is 20.6 Å². The number of ether oxygens (including phenoxy) is 2. The molecule has 2 aromatic rings. The van der Waals surface area contributed by atoms with Gasteiger partial charge in [0.05, 0.1) is 89.1 Å². The molecule has 72 heavy (non-hydrogen) atoms. The van der Waals surface area contributed by atoms with Gasteiger partial charge < -0.3 is 30.3 Å². The van der Waals surface area contributed by atoms with E-state index >= 15 is 0 Å². The highest BCUT2D eigenvalue weighted by atomic mass is 32.1. The number of aliphatic hydroxyl groups excluding tert-OH is 2. The fourth-order valence-corrected chi connectivity index (χ4v) is 12.2. The zero-order valence-electron chi connectivity index (χ0n) is 45.0. The number of nitriles is 2. The zero-order valence-corrected chi connectivity index (χ0v) is 46.7. The summed E-state index contributed by atoms with van der Waals surface area (Å²) in [5.74, 6) is -4.66. The summed E-state index contributed by atoms with van der Waals surface area (Å²) in [6, 6.07) is 3.57. The number of ketones is 2. The van der Waals surface area contributed by atoms with E-state index in [1.165, 1.54) is 11.3 Å². The van der Waals surface area contributed by atoms with Crippen LogP contribution in [0.1, 0.15) is 169 Å². The quantitative estimate of drug-likeness (QED) is 0.190. The third kappa shape index (κ3) is 14.8. The van der Waals surface area contributed by atoms with Gasteiger partial charge in [0, 0.05) is 52.7 Å². The molecule has 0 radical (unpaired) electrons. The van der Waals surface area contributed by atoms with Crippen LogP contribution in [0.5, 0.6) is 0 Å². The van der Waals surface area contributed by atoms with E-state index in [9.17, 15) is 39.9 Å². The number of epoxide rings is 1. The standard InChI is InChI=1S/C56H82N6O8S2/c1-31-16-14-17-32(2)50(66)36(6)52(67)54(9,10)39(26-57)22-47(64)61-43(24-45(31)63)34(4)21-42-30-72-49(60-42)28-69-51-33(3)18-15-19-56(13)46(70-56)25-44(35(5)20-41-29-71-38(8)59-41)62-48(65)23-40(27-58)55(11,12)53(68)37(51)7/h20-21,29-33,36-37,39-40,43-46,50-51,63,66H,14-19,22-25,28H2,1-13H3,(H,61,64)(H,62,65)/b34-21+,35-20+/t31?,32?,33?,36?,37?,39-,40+,43?,44?,45+,46+,50+,51+,56-/m1/s1. The number of carbonyl (C=O) groups excluding carboxylic acids is 4. The van der Waals surface area contributed by atoms with Gasteiger partial charge in [-0.1, -0.05) is 75.2 Å². The van der Waals surface area contributed by atoms with Gasteiger partial charge in [-0.2, -0.15) is 10.5 Å². The number of aliphatic hydroxyl groups is 2. The molecular weight excluding hydrogens is 949 g/mol. The van der Waals surface area contributed by atoms with E-state index in [1.807, 2.05) is 64.5 Å². The molecule has 3 aliphatic heterocycles. The summed E-state index contributed by atoms with van der Waals surface area (Å²) in [6.45, 7) is 24.4. The second-order valence-corrected chi connectivity index (χ2v) is 25.0. The number of hydrogen-bond donors (Lipinski definition) is 4. The van der Waals surface area contributed by atoms with Gasteiger partial charge in [-0.25, -0.2) is 9.97 Å². The number of Topliss-reactive ketones (excluding diaryl/α,β-unsaturated/α-hetero) is 2. The molecule has 396 valence electrons. The third-order valence-electron chi connectivity index (χ3n) is 16.5. The van der Waals surface area contributed by atoms with Crippen molar-refractivity contribution in [2.75, 3.05) is 0 Å². The van der Waals surface area contributed by atoms with Crippen LogP contribution in [-0.4, -0.2) is 85.7 Å². The van der Waals surface area contributed by atoms with Gasteiger partial charge >= 0.3 is 0 Å². The number of nitrogens with one attached hydrogen (secondary N) is 2. The van der Waals surface area contributed by atoms with Crippen molar-refractivity contribution in [3.05, 3.63) is 43.3 Å². The van der Waals surface area contributed by atoms with Gasteiger partial charge in [0.25, 0.3) is 0 Å². The Bertz CT molecular complexity index is 2380. The number of aryl methyl sites for hydroxylation is 1. The van der Waals surface area contributed by atoms with Crippen LogP contribution in [0.3, 0.4) is 0 Å². The number of rotatable bonds is 7. The van der Waals surface area contributed by atoms with Gasteiger partial charge in [-0.05, 0) is 101 Å². The molecule has 0 aliphatic carbocycles. The van der Waals surface area contributed by atoms with Gasteiger partial charge in [0.1, 0.15) is 16.6 Å². The maximum atomic E-state index is 14.6. The van der Waals surface area contributed by atoms with Crippen LogP contribution in [0, 0.1) is 81.8 Å². The van der Waals surface area contributed by atoms with Gasteiger partial charge in [-0.3, -0.25) is 19.2 Å². The lowest BCUT2D eigenvalue weighted by Crippen LogP contribution is -2.45. The SMILES string of the molecule is C/C(=C\c1csc(C)n1)C1C[C@@H]2O[C@]2(C)CCCC(C)[C@H](OCc2nc(/C=C(\C)C3C[C@H](O)C(C)CCCC(C)[C@H](O)C(C)C(=O)C(C)(C)[C@@H](C#N)CC(=O)N3)cs2)C(C)C(=O)C(C)(C)[C@H](C#N)CC(=O)N1. The largest absolute Gasteiger partial charge is 0.393 e. The summed E-state index contributed by atoms with van der Waals surface area (Å²) in [5.41, 5.74) is 0.418. The maximum Gasteiger partial charge on any atom is 0.221 e. The molecule has 14 nitrogen and oxygen atoms in total. The van der Waals surface area contributed by atoms with Crippen molar-refractivity contribution in [1.29, 1.82) is 10.5 Å². The lowest BCUT2D eigenvalue weighted by molar-refractivity contribution is -0.141. The van der Waals surface area contributed by atoms with Crippen molar-refractivity contribution >= 4 is 58.2 Å². The predicted octanol–water partition coefficient (Wildman–Crippen LogP) is 9.73. The molecule has 4 N–H and O–H groups in total. The van der Waals surface area contributed by atoms with Crippen LogP contribution < -0.4 is 10.6 Å². The first-order valence-electron chi connectivity index (χ1n) is 26.1. The first kappa shape index (κ1) is 58.7. The Morgan fingerprint density at radius 3 is 1.83 bits per heavy atom. The summed E-state index contributed by atoms with van der Waals surface area (Å²) in [7, 11) is 0. The molecule has 2 aromatic heterocycles. The van der Waals surface area contributed by atoms with Crippen LogP contribution in [0.25, 0.3) is 12.2 Å². The molecule has 3 aliphatic rings. The molecule has 0 bridgehead atoms. The highest BCUT2D eigenvalue weighted by Gasteiger charge is 2.53. The summed E-state index contributed by atoms with van der Waals surface area (Å²) >= 11 is 2.97. The molecule has 0 aromatic carbocycles. The first-order valence-corrected chi connectivity index (χ1v) is 27.8. The highest BCUT2D eigenvalue weighted by molar-refractivity contribution is 7.10. The monoisotopic (exact) mass is 1030 g/mol. The summed E-state index contributed by atoms with van der Waals surface area (Å²) < 4.78 is 13.0. The van der Waals surface area contributed by atoms with E-state index in [4.69, 9.17) is 14.5 Å². The Hall–Kier alpha value is -4.16. The Balaban J connectivity index is 1.34. The van der Waals surface area contributed by atoms with Crippen LogP contribution in [0.15, 0.2) is 21.9 Å². The van der Waals surface area contributed by atoms with Crippen LogP contribution >= 0.6 is 22.7 Å². The first-order chi connectivity index (χ1) is 33.7. The summed E-state index contributed by atoms with van der Waals surface area (Å²) in [6.07, 6.45) is 6.54. The minimum absolute atomic E-state index is 0.0536. The average molecular weight is 1030 g/mol. The van der Waals surface area contributed by atoms with Crippen molar-refractivity contribution in [2.24, 2.45) is 52.3 Å². The topological polar surface area (TPSA) is 228 Å². The second kappa shape index (κ2) is 24.9. The number of nitrogens with zero attached hydrogens (tertiary/aromatic N) is 4. The van der Waals surface area contributed by atoms with Gasteiger partial charge in [0.15, 0.2) is 0 Å². The van der Waals surface area contributed by atoms with Gasteiger partial charge in [-0.15, -0.1) is 22.7 Å². The second-order valence-electron chi connectivity index (χ2n) is 23.0. The predicted molar refractivity (Wildman–Crippen MR) is 282 cm³/mol. The average Bonchev–Trinajstić information content (AvgIpc) is 3.55. The third-order valence-corrected chi connectivity index (χ3v) is 18.1. The van der Waals surface area contributed by atoms with Crippen LogP contribution in [0.4, 0.5) is 0 Å². The van der Waals surface area contributed by atoms with Crippen molar-refractivity contribution in [3.8, 4) is 12.1 Å². The van der Waals surface area contributed by atoms with E-state index in [0.717, 1.165) is 47.5 Å². The zero-order chi connectivity index (χ0) is 53.5. The maximum absolute atomic E-state index is 14.6. The summed E-state index contributed by atoms with van der Waals surface area (Å²) in [4.78, 5) is 65.5. The minimum Gasteiger partial charge on any atom is -0.393 e. The molecule has 0 spiro atoms. The lowest BCUT2D eigenvalue weighted by atomic mass is 9.69. The fourth-order valence-electron chi connectivity index (χ4n) is 10.9. The molecule has 14 atom stereocenters. The molecular formula is C56H82N6O8S2. The number of fused-ring (bicyclic) bond motifs is 1. The Morgan fingerprint density at radius 1 is 0.764 bits per heavy atom. The molecule has 3 saturated heterocycles. The molecule has 5 rings (SSSR count). The number of amides is 2. The molecule has 16 heteroatoms. The Labute approximate surface area is 436 Å². The number of carbonyl (C=O) groups is 4. The Morgan fingerprint density at radius 2 is 1.28 bits per heavy atom. The molecule has 5 heterocycles. The van der Waals surface area contributed by atoms with Crippen molar-refractivity contribution in [2.45, 2.75) is 203 Å². The highest BCUT2D eigenvalue weighted by Crippen LogP contribution is 2.45. The van der Waals surface area contributed by atoms with E-state index in [0.29, 0.717) is 30.0 Å². The smallest absolute Gasteiger partial charge is 0.221 e. The molecule has 7 unspecified atom stereocenters. The lowest BCUT2D eigenvalue weighted by Gasteiger charge is -2.36. The van der Waals surface area contributed by atoms with E-state index in [2.05, 4.69) is 41.6 Å². The molecule has 0 saturated carbocycles. The van der Waals surface area contributed by atoms with Crippen molar-refractivity contribution in [3.63, 3.8) is 0 Å². The van der Waals surface area contributed by atoms with E-state index in [-0.39, 0.29) is 78.8 Å². The van der Waals surface area contributed by atoms with Crippen LogP contribution in [0.2, 0.25) is 0 Å². The Kier molecular flexibility index (Phi) is 20.3. The molecule has 2 amide bonds. The number of aromatic nitrogens is 2. The normalized spacial score (nSPS) is 35.3. The minimum atomic E-state index is -1.20. The fraction of sp³-hybridized carbons (Fsp3) is 0.714. The summed E-state index contributed by atoms with van der Waals surface area (Å²) in [5, 5.41) is 55.1. The van der Waals surface area contributed by atoms with E-state index in [1.54, 1.807) is 46.0 Å². The van der Waals surface area contributed by atoms with Crippen molar-refractivity contribution < 1.29 is 38.9 Å². The number of thiazole rings is 2. The number of hydrogen-bond acceptors (Lipinski definition) is 14.